The number of hydrazone groups is 1. The molecule has 0 spiro atoms. The van der Waals surface area contributed by atoms with Crippen LogP contribution in [-0.2, 0) is 0 Å². The molecule has 0 saturated heterocycles. The molecular formula is C15H12BrClN4O5. The zero-order valence-electron chi connectivity index (χ0n) is 13.5. The Morgan fingerprint density at radius 1 is 1.23 bits per heavy atom. The quantitative estimate of drug-likeness (QED) is 0.391. The lowest BCUT2D eigenvalue weighted by Crippen LogP contribution is -2.00. The van der Waals surface area contributed by atoms with Crippen molar-refractivity contribution in [1.82, 2.24) is 0 Å². The van der Waals surface area contributed by atoms with Crippen molar-refractivity contribution in [2.45, 2.75) is 13.8 Å². The van der Waals surface area contributed by atoms with Gasteiger partial charge in [-0.15, -0.1) is 0 Å². The third kappa shape index (κ3) is 3.75. The monoisotopic (exact) mass is 442 g/mol. The van der Waals surface area contributed by atoms with Crippen LogP contribution < -0.4 is 5.43 Å². The van der Waals surface area contributed by atoms with E-state index in [9.17, 15) is 25.3 Å². The van der Waals surface area contributed by atoms with Gasteiger partial charge in [0.15, 0.2) is 0 Å². The van der Waals surface area contributed by atoms with Crippen molar-refractivity contribution in [3.8, 4) is 5.75 Å². The highest BCUT2D eigenvalue weighted by molar-refractivity contribution is 9.10. The average molecular weight is 444 g/mol. The SMILES string of the molecule is Cc1c(Cl)c(C)c(C=NNc2ccc([N+](=O)[O-])cc2[N+](=O)[O-])c(O)c1Br. The van der Waals surface area contributed by atoms with Gasteiger partial charge in [0.1, 0.15) is 11.4 Å². The van der Waals surface area contributed by atoms with E-state index in [-0.39, 0.29) is 11.4 Å². The largest absolute Gasteiger partial charge is 0.506 e. The van der Waals surface area contributed by atoms with E-state index in [1.807, 2.05) is 0 Å². The number of nitro groups is 2. The highest BCUT2D eigenvalue weighted by Crippen LogP contribution is 2.38. The Hall–Kier alpha value is -2.72. The first-order valence-corrected chi connectivity index (χ1v) is 8.21. The molecule has 0 saturated carbocycles. The van der Waals surface area contributed by atoms with Gasteiger partial charge in [-0.25, -0.2) is 0 Å². The summed E-state index contributed by atoms with van der Waals surface area (Å²) < 4.78 is 0.413. The third-order valence-electron chi connectivity index (χ3n) is 3.62. The Kier molecular flexibility index (Phi) is 5.78. The van der Waals surface area contributed by atoms with Crippen molar-refractivity contribution in [3.05, 3.63) is 64.6 Å². The van der Waals surface area contributed by atoms with Crippen molar-refractivity contribution in [3.63, 3.8) is 0 Å². The van der Waals surface area contributed by atoms with Crippen LogP contribution in [0.15, 0.2) is 27.8 Å². The number of hydrogen-bond acceptors (Lipinski definition) is 7. The maximum atomic E-state index is 11.1. The first-order valence-electron chi connectivity index (χ1n) is 7.04. The first-order chi connectivity index (χ1) is 12.1. The molecule has 136 valence electrons. The van der Waals surface area contributed by atoms with E-state index in [4.69, 9.17) is 11.6 Å². The molecule has 0 aliphatic rings. The molecule has 2 aromatic carbocycles. The minimum absolute atomic E-state index is 0.0359. The first kappa shape index (κ1) is 19.6. The van der Waals surface area contributed by atoms with Gasteiger partial charge in [0, 0.05) is 16.7 Å². The van der Waals surface area contributed by atoms with E-state index in [1.165, 1.54) is 12.3 Å². The van der Waals surface area contributed by atoms with E-state index in [1.54, 1.807) is 13.8 Å². The van der Waals surface area contributed by atoms with Crippen LogP contribution in [0.1, 0.15) is 16.7 Å². The van der Waals surface area contributed by atoms with E-state index in [0.29, 0.717) is 26.2 Å². The van der Waals surface area contributed by atoms with Crippen molar-refractivity contribution in [2.75, 3.05) is 5.43 Å². The summed E-state index contributed by atoms with van der Waals surface area (Å²) in [5.41, 5.74) is 3.07. The van der Waals surface area contributed by atoms with Gasteiger partial charge in [-0.05, 0) is 47.0 Å². The maximum Gasteiger partial charge on any atom is 0.301 e. The normalized spacial score (nSPS) is 10.9. The van der Waals surface area contributed by atoms with Crippen LogP contribution in [-0.4, -0.2) is 21.2 Å². The zero-order valence-corrected chi connectivity index (χ0v) is 15.8. The highest BCUT2D eigenvalue weighted by atomic mass is 79.9. The number of nitrogens with one attached hydrogen (secondary N) is 1. The van der Waals surface area contributed by atoms with Crippen molar-refractivity contribution < 1.29 is 15.0 Å². The van der Waals surface area contributed by atoms with Gasteiger partial charge in [0.05, 0.1) is 26.6 Å². The molecule has 0 fully saturated rings. The summed E-state index contributed by atoms with van der Waals surface area (Å²) in [5.74, 6) is -0.0758. The summed E-state index contributed by atoms with van der Waals surface area (Å²) >= 11 is 9.43. The lowest BCUT2D eigenvalue weighted by molar-refractivity contribution is -0.393. The highest BCUT2D eigenvalue weighted by Gasteiger charge is 2.19. The second-order valence-electron chi connectivity index (χ2n) is 5.23. The van der Waals surface area contributed by atoms with Gasteiger partial charge in [0.2, 0.25) is 0 Å². The Balaban J connectivity index is 2.38. The summed E-state index contributed by atoms with van der Waals surface area (Å²) in [6.07, 6.45) is 1.26. The van der Waals surface area contributed by atoms with E-state index in [2.05, 4.69) is 26.5 Å². The molecule has 2 N–H and O–H groups in total. The standard InChI is InChI=1S/C15H12BrClN4O5/c1-7-10(15(22)13(16)8(2)14(7)17)6-18-19-11-4-3-9(20(23)24)5-12(11)21(25)26/h3-6,19,22H,1-2H3. The van der Waals surface area contributed by atoms with Gasteiger partial charge in [0.25, 0.3) is 5.69 Å². The summed E-state index contributed by atoms with van der Waals surface area (Å²) in [7, 11) is 0. The Morgan fingerprint density at radius 2 is 1.88 bits per heavy atom. The van der Waals surface area contributed by atoms with Crippen molar-refractivity contribution in [2.24, 2.45) is 5.10 Å². The maximum absolute atomic E-state index is 11.1. The minimum atomic E-state index is -0.757. The Labute approximate surface area is 160 Å². The fraction of sp³-hybridized carbons (Fsp3) is 0.133. The predicted octanol–water partition coefficient (Wildman–Crippen LogP) is 4.69. The number of hydrogen-bond donors (Lipinski definition) is 2. The second-order valence-corrected chi connectivity index (χ2v) is 6.40. The van der Waals surface area contributed by atoms with Gasteiger partial charge in [-0.1, -0.05) is 11.6 Å². The summed E-state index contributed by atoms with van der Waals surface area (Å²) in [6, 6.07) is 3.13. The fourth-order valence-electron chi connectivity index (χ4n) is 2.17. The van der Waals surface area contributed by atoms with Crippen molar-refractivity contribution >= 4 is 50.8 Å². The number of nitro benzene ring substituents is 2. The van der Waals surface area contributed by atoms with Gasteiger partial charge in [-0.3, -0.25) is 25.7 Å². The molecule has 0 heterocycles. The third-order valence-corrected chi connectivity index (χ3v) is 5.16. The summed E-state index contributed by atoms with van der Waals surface area (Å²) in [6.45, 7) is 3.43. The molecule has 2 aromatic rings. The summed E-state index contributed by atoms with van der Waals surface area (Å²) in [4.78, 5) is 20.3. The van der Waals surface area contributed by atoms with Crippen LogP contribution in [0.5, 0.6) is 5.75 Å². The van der Waals surface area contributed by atoms with E-state index < -0.39 is 21.2 Å². The lowest BCUT2D eigenvalue weighted by Gasteiger charge is -2.12. The average Bonchev–Trinajstić information content (AvgIpc) is 2.61. The zero-order chi connectivity index (χ0) is 19.6. The number of aromatic hydroxyl groups is 1. The second kappa shape index (κ2) is 7.67. The van der Waals surface area contributed by atoms with Crippen LogP contribution in [0, 0.1) is 34.1 Å². The lowest BCUT2D eigenvalue weighted by atomic mass is 10.1. The topological polar surface area (TPSA) is 131 Å². The Morgan fingerprint density at radius 3 is 2.46 bits per heavy atom. The number of halogens is 2. The fourth-order valence-corrected chi connectivity index (χ4v) is 2.90. The number of phenols is 1. The molecule has 0 aromatic heterocycles. The molecule has 0 atom stereocenters. The molecule has 0 unspecified atom stereocenters. The molecule has 2 rings (SSSR count). The van der Waals surface area contributed by atoms with Crippen molar-refractivity contribution in [1.29, 1.82) is 0 Å². The number of anilines is 1. The molecule has 0 bridgehead atoms. The molecule has 0 aliphatic carbocycles. The van der Waals surface area contributed by atoms with E-state index in [0.717, 1.165) is 12.1 Å². The van der Waals surface area contributed by atoms with Crippen LogP contribution in [0.3, 0.4) is 0 Å². The molecule has 0 amide bonds. The van der Waals surface area contributed by atoms with E-state index >= 15 is 0 Å². The molecule has 26 heavy (non-hydrogen) atoms. The van der Waals surface area contributed by atoms with Crippen LogP contribution in [0.2, 0.25) is 5.02 Å². The molecule has 11 heteroatoms. The predicted molar refractivity (Wildman–Crippen MR) is 101 cm³/mol. The smallest absolute Gasteiger partial charge is 0.301 e. The van der Waals surface area contributed by atoms with Gasteiger partial charge >= 0.3 is 5.69 Å². The van der Waals surface area contributed by atoms with Crippen LogP contribution in [0.25, 0.3) is 0 Å². The number of non-ortho nitro benzene ring substituents is 1. The molecule has 9 nitrogen and oxygen atoms in total. The van der Waals surface area contributed by atoms with Crippen LogP contribution in [0.4, 0.5) is 17.1 Å². The Bertz CT molecular complexity index is 919. The summed E-state index contributed by atoms with van der Waals surface area (Å²) in [5, 5.41) is 36.4. The number of rotatable bonds is 5. The molecule has 0 radical (unpaired) electrons. The van der Waals surface area contributed by atoms with Crippen LogP contribution >= 0.6 is 27.5 Å². The number of nitrogens with zero attached hydrogens (tertiary/aromatic N) is 3. The molecular weight excluding hydrogens is 432 g/mol. The molecule has 0 aliphatic heterocycles. The van der Waals surface area contributed by atoms with Gasteiger partial charge in [-0.2, -0.15) is 5.10 Å². The minimum Gasteiger partial charge on any atom is -0.506 e. The number of phenolic OH excluding ortho intramolecular Hbond substituents is 1. The van der Waals surface area contributed by atoms with Gasteiger partial charge < -0.3 is 5.11 Å². The number of benzene rings is 2.